The van der Waals surface area contributed by atoms with Gasteiger partial charge in [0.15, 0.2) is 5.96 Å². The van der Waals surface area contributed by atoms with Crippen LogP contribution in [0.5, 0.6) is 0 Å². The smallest absolute Gasteiger partial charge is 0.220 e. The highest BCUT2D eigenvalue weighted by Gasteiger charge is 2.26. The third-order valence-electron chi connectivity index (χ3n) is 5.70. The van der Waals surface area contributed by atoms with E-state index in [9.17, 15) is 4.79 Å². The Balaban J connectivity index is 0.00000320. The van der Waals surface area contributed by atoms with Crippen LogP contribution in [0.15, 0.2) is 35.3 Å². The quantitative estimate of drug-likeness (QED) is 0.200. The van der Waals surface area contributed by atoms with Gasteiger partial charge in [0.05, 0.1) is 0 Å². The molecule has 1 aromatic rings. The largest absolute Gasteiger partial charge is 0.357 e. The second-order valence-electron chi connectivity index (χ2n) is 8.38. The first-order valence-electron chi connectivity index (χ1n) is 11.3. The van der Waals surface area contributed by atoms with Gasteiger partial charge in [-0.2, -0.15) is 0 Å². The maximum atomic E-state index is 11.8. The van der Waals surface area contributed by atoms with Crippen molar-refractivity contribution in [1.29, 1.82) is 0 Å². The van der Waals surface area contributed by atoms with Crippen LogP contribution >= 0.6 is 24.0 Å². The average molecular weight is 527 g/mol. The topological polar surface area (TPSA) is 68.8 Å². The SMILES string of the molecule is CCNC(=NCCCC(=O)NC1CC1)NC1CCN(Cc2ccccc2)C(C)C1.I. The van der Waals surface area contributed by atoms with Gasteiger partial charge in [-0.05, 0) is 51.5 Å². The number of hydrogen-bond acceptors (Lipinski definition) is 3. The standard InChI is InChI=1S/C23H37N5O.HI/c1-3-24-23(25-14-7-10-22(29)26-20-11-12-20)27-21-13-15-28(18(2)16-21)17-19-8-5-4-6-9-19;/h4-6,8-9,18,20-21H,3,7,10-17H2,1-2H3,(H,26,29)(H2,24,25,27);1H. The number of amides is 1. The predicted octanol–water partition coefficient (Wildman–Crippen LogP) is 3.27. The Morgan fingerprint density at radius 2 is 1.90 bits per heavy atom. The summed E-state index contributed by atoms with van der Waals surface area (Å²) in [5.41, 5.74) is 1.38. The van der Waals surface area contributed by atoms with E-state index in [0.717, 1.165) is 57.7 Å². The maximum Gasteiger partial charge on any atom is 0.220 e. The summed E-state index contributed by atoms with van der Waals surface area (Å²) in [6.07, 6.45) is 5.86. The Kier molecular flexibility index (Phi) is 10.9. The summed E-state index contributed by atoms with van der Waals surface area (Å²) < 4.78 is 0. The van der Waals surface area contributed by atoms with E-state index in [1.54, 1.807) is 0 Å². The second-order valence-corrected chi connectivity index (χ2v) is 8.38. The molecule has 2 fully saturated rings. The Labute approximate surface area is 198 Å². The highest BCUT2D eigenvalue weighted by atomic mass is 127. The summed E-state index contributed by atoms with van der Waals surface area (Å²) in [5.74, 6) is 1.05. The molecule has 3 rings (SSSR count). The summed E-state index contributed by atoms with van der Waals surface area (Å²) in [6, 6.07) is 12.1. The molecule has 0 aromatic heterocycles. The number of hydrogen-bond donors (Lipinski definition) is 3. The molecule has 0 bridgehead atoms. The van der Waals surface area contributed by atoms with E-state index in [-0.39, 0.29) is 29.9 Å². The first-order chi connectivity index (χ1) is 14.1. The minimum atomic E-state index is 0. The maximum absolute atomic E-state index is 11.8. The van der Waals surface area contributed by atoms with Gasteiger partial charge in [0, 0.05) is 50.7 Å². The number of halogens is 1. The number of carbonyl (C=O) groups is 1. The molecule has 6 nitrogen and oxygen atoms in total. The Hall–Kier alpha value is -1.35. The zero-order chi connectivity index (χ0) is 20.5. The van der Waals surface area contributed by atoms with E-state index < -0.39 is 0 Å². The fourth-order valence-electron chi connectivity index (χ4n) is 3.88. The van der Waals surface area contributed by atoms with Crippen LogP contribution in [0.1, 0.15) is 57.9 Å². The summed E-state index contributed by atoms with van der Waals surface area (Å²) >= 11 is 0. The van der Waals surface area contributed by atoms with Crippen molar-refractivity contribution in [1.82, 2.24) is 20.9 Å². The molecule has 2 unspecified atom stereocenters. The van der Waals surface area contributed by atoms with E-state index in [4.69, 9.17) is 0 Å². The first kappa shape index (κ1) is 24.9. The Bertz CT molecular complexity index is 665. The minimum absolute atomic E-state index is 0. The number of likely N-dealkylation sites (tertiary alicyclic amines) is 1. The summed E-state index contributed by atoms with van der Waals surface area (Å²) in [5, 5.41) is 10.0. The van der Waals surface area contributed by atoms with Crippen molar-refractivity contribution in [2.24, 2.45) is 4.99 Å². The van der Waals surface area contributed by atoms with Crippen LogP contribution < -0.4 is 16.0 Å². The summed E-state index contributed by atoms with van der Waals surface area (Å²) in [6.45, 7) is 8.04. The molecule has 1 aromatic carbocycles. The lowest BCUT2D eigenvalue weighted by Gasteiger charge is -2.38. The molecule has 2 atom stereocenters. The molecule has 1 saturated heterocycles. The predicted molar refractivity (Wildman–Crippen MR) is 134 cm³/mol. The fourth-order valence-corrected chi connectivity index (χ4v) is 3.88. The van der Waals surface area contributed by atoms with Gasteiger partial charge in [0.1, 0.15) is 0 Å². The van der Waals surface area contributed by atoms with Crippen LogP contribution in [0.4, 0.5) is 0 Å². The third kappa shape index (κ3) is 8.79. The van der Waals surface area contributed by atoms with Crippen molar-refractivity contribution in [2.75, 3.05) is 19.6 Å². The van der Waals surface area contributed by atoms with E-state index in [1.165, 1.54) is 5.56 Å². The zero-order valence-electron chi connectivity index (χ0n) is 18.4. The lowest BCUT2D eigenvalue weighted by Crippen LogP contribution is -2.51. The summed E-state index contributed by atoms with van der Waals surface area (Å²) in [7, 11) is 0. The van der Waals surface area contributed by atoms with E-state index in [2.05, 4.69) is 70.0 Å². The van der Waals surface area contributed by atoms with Crippen LogP contribution in [0.25, 0.3) is 0 Å². The molecule has 0 radical (unpaired) electrons. The van der Waals surface area contributed by atoms with Crippen LogP contribution in [-0.2, 0) is 11.3 Å². The summed E-state index contributed by atoms with van der Waals surface area (Å²) in [4.78, 5) is 19.0. The van der Waals surface area contributed by atoms with Gasteiger partial charge in [0.25, 0.3) is 0 Å². The Morgan fingerprint density at radius 3 is 2.57 bits per heavy atom. The monoisotopic (exact) mass is 527 g/mol. The molecule has 168 valence electrons. The minimum Gasteiger partial charge on any atom is -0.357 e. The van der Waals surface area contributed by atoms with Crippen molar-refractivity contribution in [3.05, 3.63) is 35.9 Å². The van der Waals surface area contributed by atoms with Crippen molar-refractivity contribution >= 4 is 35.8 Å². The van der Waals surface area contributed by atoms with Gasteiger partial charge in [-0.3, -0.25) is 14.7 Å². The van der Waals surface area contributed by atoms with Gasteiger partial charge in [-0.25, -0.2) is 0 Å². The van der Waals surface area contributed by atoms with E-state index in [0.29, 0.717) is 31.1 Å². The van der Waals surface area contributed by atoms with Crippen LogP contribution in [0.3, 0.4) is 0 Å². The normalized spacial score (nSPS) is 22.1. The molecule has 1 heterocycles. The van der Waals surface area contributed by atoms with Gasteiger partial charge in [-0.1, -0.05) is 30.3 Å². The van der Waals surface area contributed by atoms with Crippen molar-refractivity contribution in [3.63, 3.8) is 0 Å². The zero-order valence-corrected chi connectivity index (χ0v) is 20.7. The number of aliphatic imine (C=N–C) groups is 1. The highest BCUT2D eigenvalue weighted by Crippen LogP contribution is 2.20. The van der Waals surface area contributed by atoms with Crippen LogP contribution in [0.2, 0.25) is 0 Å². The number of carbonyl (C=O) groups excluding carboxylic acids is 1. The third-order valence-corrected chi connectivity index (χ3v) is 5.70. The number of guanidine groups is 1. The van der Waals surface area contributed by atoms with Gasteiger partial charge < -0.3 is 16.0 Å². The lowest BCUT2D eigenvalue weighted by atomic mass is 9.97. The van der Waals surface area contributed by atoms with E-state index in [1.807, 2.05) is 0 Å². The number of rotatable bonds is 9. The molecular formula is C23H38IN5O. The Morgan fingerprint density at radius 1 is 1.13 bits per heavy atom. The number of nitrogens with zero attached hydrogens (tertiary/aromatic N) is 2. The molecule has 2 aliphatic rings. The van der Waals surface area contributed by atoms with Gasteiger partial charge in [-0.15, -0.1) is 24.0 Å². The lowest BCUT2D eigenvalue weighted by molar-refractivity contribution is -0.121. The van der Waals surface area contributed by atoms with E-state index >= 15 is 0 Å². The molecule has 1 amide bonds. The highest BCUT2D eigenvalue weighted by molar-refractivity contribution is 14.0. The van der Waals surface area contributed by atoms with Gasteiger partial charge in [0.2, 0.25) is 5.91 Å². The molecule has 1 aliphatic carbocycles. The number of nitrogens with one attached hydrogen (secondary N) is 3. The number of benzene rings is 1. The van der Waals surface area contributed by atoms with Gasteiger partial charge >= 0.3 is 0 Å². The molecule has 0 spiro atoms. The molecule has 3 N–H and O–H groups in total. The molecule has 30 heavy (non-hydrogen) atoms. The van der Waals surface area contributed by atoms with Crippen molar-refractivity contribution in [2.45, 2.75) is 77.0 Å². The van der Waals surface area contributed by atoms with Crippen molar-refractivity contribution in [3.8, 4) is 0 Å². The van der Waals surface area contributed by atoms with Crippen LogP contribution in [-0.4, -0.2) is 54.5 Å². The van der Waals surface area contributed by atoms with Crippen LogP contribution in [0, 0.1) is 0 Å². The molecule has 1 saturated carbocycles. The number of piperidine rings is 1. The molecular weight excluding hydrogens is 489 g/mol. The average Bonchev–Trinajstić information content (AvgIpc) is 3.52. The van der Waals surface area contributed by atoms with Crippen molar-refractivity contribution < 1.29 is 4.79 Å². The molecule has 1 aliphatic heterocycles. The second kappa shape index (κ2) is 13.1. The molecule has 7 heteroatoms. The fraction of sp³-hybridized carbons (Fsp3) is 0.652. The first-order valence-corrected chi connectivity index (χ1v) is 11.3.